The van der Waals surface area contributed by atoms with E-state index in [9.17, 15) is 5.11 Å². The molecule has 1 aromatic heterocycles. The summed E-state index contributed by atoms with van der Waals surface area (Å²) in [6, 6.07) is 10.2. The van der Waals surface area contributed by atoms with Gasteiger partial charge in [-0.1, -0.05) is 38.1 Å². The summed E-state index contributed by atoms with van der Waals surface area (Å²) in [5.74, 6) is 1.10. The Kier molecular flexibility index (Phi) is 5.39. The summed E-state index contributed by atoms with van der Waals surface area (Å²) in [5, 5.41) is 12.6. The second kappa shape index (κ2) is 7.07. The van der Waals surface area contributed by atoms with E-state index in [0.29, 0.717) is 12.5 Å². The summed E-state index contributed by atoms with van der Waals surface area (Å²) in [7, 11) is 1.62. The standard InChI is InChI=1S/C17H23NO2S/c1-11(2)12-4-6-13(7-5-12)14(10-18)16(19)17-15(20-3)8-9-21-17/h4-9,11,14,16,19H,10,18H2,1-3H3. The zero-order valence-electron chi connectivity index (χ0n) is 12.7. The Labute approximate surface area is 130 Å². The molecule has 4 heteroatoms. The fourth-order valence-corrected chi connectivity index (χ4v) is 3.36. The molecule has 0 spiro atoms. The van der Waals surface area contributed by atoms with E-state index in [1.54, 1.807) is 7.11 Å². The Morgan fingerprint density at radius 2 is 1.76 bits per heavy atom. The van der Waals surface area contributed by atoms with E-state index in [4.69, 9.17) is 10.5 Å². The number of thiophene rings is 1. The van der Waals surface area contributed by atoms with Gasteiger partial charge in [0.25, 0.3) is 0 Å². The lowest BCUT2D eigenvalue weighted by atomic mass is 9.90. The first kappa shape index (κ1) is 16.0. The van der Waals surface area contributed by atoms with Gasteiger partial charge in [-0.3, -0.25) is 0 Å². The van der Waals surface area contributed by atoms with Gasteiger partial charge in [0, 0.05) is 12.5 Å². The third kappa shape index (κ3) is 3.46. The van der Waals surface area contributed by atoms with Gasteiger partial charge in [-0.05, 0) is 28.5 Å². The van der Waals surface area contributed by atoms with Crippen LogP contribution in [-0.4, -0.2) is 18.8 Å². The van der Waals surface area contributed by atoms with Crippen LogP contribution in [0.5, 0.6) is 5.75 Å². The van der Waals surface area contributed by atoms with Gasteiger partial charge in [-0.15, -0.1) is 11.3 Å². The van der Waals surface area contributed by atoms with Crippen molar-refractivity contribution in [2.45, 2.75) is 31.8 Å². The molecule has 1 heterocycles. The van der Waals surface area contributed by atoms with Crippen LogP contribution in [0.4, 0.5) is 0 Å². The highest BCUT2D eigenvalue weighted by atomic mass is 32.1. The largest absolute Gasteiger partial charge is 0.495 e. The van der Waals surface area contributed by atoms with Crippen LogP contribution in [0.15, 0.2) is 35.7 Å². The average Bonchev–Trinajstić information content (AvgIpc) is 2.96. The first-order chi connectivity index (χ1) is 10.1. The van der Waals surface area contributed by atoms with Gasteiger partial charge in [0.05, 0.1) is 18.1 Å². The third-order valence-corrected chi connectivity index (χ3v) is 4.78. The fourth-order valence-electron chi connectivity index (χ4n) is 2.45. The predicted molar refractivity (Wildman–Crippen MR) is 88.2 cm³/mol. The molecule has 0 aliphatic rings. The van der Waals surface area contributed by atoms with Gasteiger partial charge in [0.15, 0.2) is 0 Å². The third-order valence-electron chi connectivity index (χ3n) is 3.81. The van der Waals surface area contributed by atoms with Crippen LogP contribution in [0.2, 0.25) is 0 Å². The number of benzene rings is 1. The maximum Gasteiger partial charge on any atom is 0.135 e. The van der Waals surface area contributed by atoms with Crippen LogP contribution in [0, 0.1) is 0 Å². The summed E-state index contributed by atoms with van der Waals surface area (Å²) >= 11 is 1.50. The molecule has 3 N–H and O–H groups in total. The number of ether oxygens (including phenoxy) is 1. The van der Waals surface area contributed by atoms with Crippen LogP contribution in [0.25, 0.3) is 0 Å². The summed E-state index contributed by atoms with van der Waals surface area (Å²) in [6.07, 6.45) is -0.644. The monoisotopic (exact) mass is 305 g/mol. The fraction of sp³-hybridized carbons (Fsp3) is 0.412. The minimum Gasteiger partial charge on any atom is -0.495 e. The van der Waals surface area contributed by atoms with E-state index < -0.39 is 6.10 Å². The van der Waals surface area contributed by atoms with Crippen molar-refractivity contribution in [3.63, 3.8) is 0 Å². The van der Waals surface area contributed by atoms with E-state index in [-0.39, 0.29) is 5.92 Å². The molecule has 0 aliphatic heterocycles. The van der Waals surface area contributed by atoms with E-state index in [1.807, 2.05) is 11.4 Å². The number of methoxy groups -OCH3 is 1. The van der Waals surface area contributed by atoms with Crippen LogP contribution >= 0.6 is 11.3 Å². The summed E-state index contributed by atoms with van der Waals surface area (Å²) in [4.78, 5) is 0.834. The van der Waals surface area contributed by atoms with E-state index >= 15 is 0 Å². The van der Waals surface area contributed by atoms with Crippen LogP contribution in [0.1, 0.15) is 47.8 Å². The topological polar surface area (TPSA) is 55.5 Å². The van der Waals surface area contributed by atoms with Gasteiger partial charge in [0.2, 0.25) is 0 Å². The molecular formula is C17H23NO2S. The molecule has 2 atom stereocenters. The Hall–Kier alpha value is -1.36. The number of rotatable bonds is 6. The van der Waals surface area contributed by atoms with Gasteiger partial charge >= 0.3 is 0 Å². The predicted octanol–water partition coefficient (Wildman–Crippen LogP) is 3.66. The second-order valence-electron chi connectivity index (χ2n) is 5.46. The van der Waals surface area contributed by atoms with Crippen LogP contribution < -0.4 is 10.5 Å². The highest BCUT2D eigenvalue weighted by Crippen LogP contribution is 2.38. The highest BCUT2D eigenvalue weighted by Gasteiger charge is 2.25. The number of hydrogen-bond acceptors (Lipinski definition) is 4. The van der Waals surface area contributed by atoms with Crippen molar-refractivity contribution in [3.05, 3.63) is 51.7 Å². The molecule has 0 amide bonds. The van der Waals surface area contributed by atoms with Crippen LogP contribution in [0.3, 0.4) is 0 Å². The maximum atomic E-state index is 10.7. The lowest BCUT2D eigenvalue weighted by Gasteiger charge is -2.22. The van der Waals surface area contributed by atoms with Gasteiger partial charge in [-0.25, -0.2) is 0 Å². The molecule has 2 unspecified atom stereocenters. The molecule has 114 valence electrons. The normalized spacial score (nSPS) is 14.2. The summed E-state index contributed by atoms with van der Waals surface area (Å²) < 4.78 is 5.30. The minimum absolute atomic E-state index is 0.126. The molecule has 0 fully saturated rings. The van der Waals surface area contributed by atoms with Crippen LogP contribution in [-0.2, 0) is 0 Å². The molecule has 3 nitrogen and oxygen atoms in total. The minimum atomic E-state index is -0.644. The van der Waals surface area contributed by atoms with Crippen molar-refractivity contribution in [2.75, 3.05) is 13.7 Å². The number of aliphatic hydroxyl groups excluding tert-OH is 1. The molecule has 0 aliphatic carbocycles. The maximum absolute atomic E-state index is 10.7. The second-order valence-corrected chi connectivity index (χ2v) is 6.41. The molecule has 0 radical (unpaired) electrons. The van der Waals surface area contributed by atoms with Crippen molar-refractivity contribution < 1.29 is 9.84 Å². The van der Waals surface area contributed by atoms with Crippen molar-refractivity contribution >= 4 is 11.3 Å². The molecule has 21 heavy (non-hydrogen) atoms. The number of aliphatic hydroxyl groups is 1. The van der Waals surface area contributed by atoms with Gasteiger partial charge in [-0.2, -0.15) is 0 Å². The number of nitrogens with two attached hydrogens (primary N) is 1. The quantitative estimate of drug-likeness (QED) is 0.856. The Bertz CT molecular complexity index is 562. The molecular weight excluding hydrogens is 282 g/mol. The summed E-state index contributed by atoms with van der Waals surface area (Å²) in [6.45, 7) is 4.73. The van der Waals surface area contributed by atoms with E-state index in [1.165, 1.54) is 16.9 Å². The molecule has 2 rings (SSSR count). The van der Waals surface area contributed by atoms with Crippen molar-refractivity contribution in [1.29, 1.82) is 0 Å². The van der Waals surface area contributed by atoms with E-state index in [2.05, 4.69) is 38.1 Å². The molecule has 0 saturated carbocycles. The summed E-state index contributed by atoms with van der Waals surface area (Å²) in [5.41, 5.74) is 8.25. The Balaban J connectivity index is 2.26. The van der Waals surface area contributed by atoms with Gasteiger partial charge in [0.1, 0.15) is 5.75 Å². The van der Waals surface area contributed by atoms with Crippen molar-refractivity contribution in [3.8, 4) is 5.75 Å². The zero-order valence-corrected chi connectivity index (χ0v) is 13.6. The lowest BCUT2D eigenvalue weighted by molar-refractivity contribution is 0.148. The SMILES string of the molecule is COc1ccsc1C(O)C(CN)c1ccc(C(C)C)cc1. The lowest BCUT2D eigenvalue weighted by Crippen LogP contribution is -2.20. The Morgan fingerprint density at radius 1 is 1.14 bits per heavy atom. The average molecular weight is 305 g/mol. The first-order valence-corrected chi connectivity index (χ1v) is 8.05. The van der Waals surface area contributed by atoms with E-state index in [0.717, 1.165) is 16.2 Å². The Morgan fingerprint density at radius 3 is 2.29 bits per heavy atom. The van der Waals surface area contributed by atoms with Crippen molar-refractivity contribution in [2.24, 2.45) is 5.73 Å². The van der Waals surface area contributed by atoms with Crippen molar-refractivity contribution in [1.82, 2.24) is 0 Å². The molecule has 0 bridgehead atoms. The number of hydrogen-bond donors (Lipinski definition) is 2. The molecule has 2 aromatic rings. The van der Waals surface area contributed by atoms with Gasteiger partial charge < -0.3 is 15.6 Å². The molecule has 0 saturated heterocycles. The smallest absolute Gasteiger partial charge is 0.135 e. The zero-order chi connectivity index (χ0) is 15.4. The first-order valence-electron chi connectivity index (χ1n) is 7.17. The highest BCUT2D eigenvalue weighted by molar-refractivity contribution is 7.10. The molecule has 1 aromatic carbocycles.